The predicted molar refractivity (Wildman–Crippen MR) is 89.3 cm³/mol. The van der Waals surface area contributed by atoms with Crippen LogP contribution in [0.25, 0.3) is 0 Å². The summed E-state index contributed by atoms with van der Waals surface area (Å²) in [4.78, 5) is 35.7. The average molecular weight is 351 g/mol. The summed E-state index contributed by atoms with van der Waals surface area (Å²) in [6.07, 6.45) is 0.698. The summed E-state index contributed by atoms with van der Waals surface area (Å²) in [7, 11) is 0. The van der Waals surface area contributed by atoms with Gasteiger partial charge in [-0.05, 0) is 44.9 Å². The minimum absolute atomic E-state index is 0.299. The number of carbonyl (C=O) groups is 3. The summed E-state index contributed by atoms with van der Waals surface area (Å²) < 4.78 is 0. The molecule has 6 nitrogen and oxygen atoms in total. The lowest BCUT2D eigenvalue weighted by atomic mass is 9.76. The summed E-state index contributed by atoms with van der Waals surface area (Å²) in [6, 6.07) is 6.29. The topological polar surface area (TPSA) is 95.5 Å². The van der Waals surface area contributed by atoms with Crippen molar-refractivity contribution in [3.63, 3.8) is 0 Å². The number of hydrazine groups is 1. The van der Waals surface area contributed by atoms with Gasteiger partial charge >= 0.3 is 5.97 Å². The highest BCUT2D eigenvalue weighted by Gasteiger charge is 2.37. The second kappa shape index (κ2) is 7.49. The molecule has 3 N–H and O–H groups in total. The van der Waals surface area contributed by atoms with Crippen LogP contribution >= 0.6 is 11.6 Å². The minimum atomic E-state index is -1.01. The molecule has 7 heteroatoms. The first-order valence-electron chi connectivity index (χ1n) is 7.53. The Labute approximate surface area is 144 Å². The van der Waals surface area contributed by atoms with Crippen LogP contribution in [0.3, 0.4) is 0 Å². The molecule has 0 radical (unpaired) electrons. The van der Waals surface area contributed by atoms with Crippen molar-refractivity contribution in [2.75, 3.05) is 0 Å². The molecule has 0 bridgehead atoms. The Bertz CT molecular complexity index is 714. The van der Waals surface area contributed by atoms with Crippen LogP contribution in [0.2, 0.25) is 5.02 Å². The van der Waals surface area contributed by atoms with Gasteiger partial charge in [-0.1, -0.05) is 28.8 Å². The highest BCUT2D eigenvalue weighted by atomic mass is 35.5. The largest absolute Gasteiger partial charge is 0.481 e. The molecule has 0 heterocycles. The van der Waals surface area contributed by atoms with Crippen LogP contribution in [0.15, 0.2) is 35.4 Å². The van der Waals surface area contributed by atoms with Crippen molar-refractivity contribution >= 4 is 29.4 Å². The number of nitrogens with one attached hydrogen (secondary N) is 2. The van der Waals surface area contributed by atoms with Gasteiger partial charge in [0.1, 0.15) is 0 Å². The number of aliphatic carboxylic acids is 1. The molecule has 2 rings (SSSR count). The molecule has 128 valence electrons. The number of benzene rings is 1. The molecule has 0 saturated carbocycles. The van der Waals surface area contributed by atoms with E-state index in [0.29, 0.717) is 23.4 Å². The third-order valence-corrected chi connectivity index (χ3v) is 4.54. The van der Waals surface area contributed by atoms with Crippen molar-refractivity contribution in [2.45, 2.75) is 26.7 Å². The first-order valence-corrected chi connectivity index (χ1v) is 7.91. The fraction of sp³-hybridized carbons (Fsp3) is 0.353. The van der Waals surface area contributed by atoms with Gasteiger partial charge < -0.3 is 5.11 Å². The van der Waals surface area contributed by atoms with E-state index in [1.54, 1.807) is 18.2 Å². The van der Waals surface area contributed by atoms with Crippen LogP contribution in [-0.2, 0) is 9.59 Å². The molecule has 1 aromatic carbocycles. The van der Waals surface area contributed by atoms with Crippen LogP contribution in [0.1, 0.15) is 37.0 Å². The highest BCUT2D eigenvalue weighted by Crippen LogP contribution is 2.34. The Hall–Kier alpha value is -2.34. The zero-order valence-corrected chi connectivity index (χ0v) is 14.2. The van der Waals surface area contributed by atoms with Crippen LogP contribution in [0.4, 0.5) is 0 Å². The molecule has 0 spiro atoms. The van der Waals surface area contributed by atoms with Gasteiger partial charge in [0.25, 0.3) is 5.91 Å². The molecule has 0 fully saturated rings. The quantitative estimate of drug-likeness (QED) is 0.576. The summed E-state index contributed by atoms with van der Waals surface area (Å²) >= 11 is 5.82. The predicted octanol–water partition coefficient (Wildman–Crippen LogP) is 2.55. The van der Waals surface area contributed by atoms with Gasteiger partial charge in [-0.15, -0.1) is 0 Å². The maximum Gasteiger partial charge on any atom is 0.307 e. The van der Waals surface area contributed by atoms with E-state index in [1.165, 1.54) is 6.07 Å². The molecule has 1 aliphatic rings. The zero-order valence-electron chi connectivity index (χ0n) is 13.4. The molecule has 0 aliphatic heterocycles. The lowest BCUT2D eigenvalue weighted by Crippen LogP contribution is -2.48. The fourth-order valence-electron chi connectivity index (χ4n) is 2.74. The number of carbonyl (C=O) groups excluding carboxylic acids is 2. The zero-order chi connectivity index (χ0) is 17.9. The van der Waals surface area contributed by atoms with Crippen LogP contribution in [0.5, 0.6) is 0 Å². The van der Waals surface area contributed by atoms with Crippen LogP contribution < -0.4 is 10.9 Å². The lowest BCUT2D eigenvalue weighted by Gasteiger charge is -2.29. The number of allylic oxidation sites excluding steroid dienone is 2. The van der Waals surface area contributed by atoms with E-state index in [-0.39, 0.29) is 0 Å². The van der Waals surface area contributed by atoms with Gasteiger partial charge in [-0.3, -0.25) is 25.2 Å². The van der Waals surface area contributed by atoms with Gasteiger partial charge in [0.05, 0.1) is 11.8 Å². The monoisotopic (exact) mass is 350 g/mol. The van der Waals surface area contributed by atoms with Gasteiger partial charge in [0, 0.05) is 10.6 Å². The third-order valence-electron chi connectivity index (χ3n) is 4.31. The number of carboxylic acid groups (broad SMARTS) is 1. The molecule has 2 amide bonds. The normalized spacial score (nSPS) is 20.5. The summed E-state index contributed by atoms with van der Waals surface area (Å²) in [5, 5.41) is 9.75. The van der Waals surface area contributed by atoms with Crippen LogP contribution in [0, 0.1) is 11.8 Å². The number of rotatable bonds is 3. The first-order chi connectivity index (χ1) is 11.3. The number of amides is 2. The molecule has 1 aromatic rings. The van der Waals surface area contributed by atoms with Crippen molar-refractivity contribution < 1.29 is 19.5 Å². The molecule has 24 heavy (non-hydrogen) atoms. The van der Waals surface area contributed by atoms with E-state index in [2.05, 4.69) is 10.9 Å². The Morgan fingerprint density at radius 2 is 1.71 bits per heavy atom. The second-order valence-electron chi connectivity index (χ2n) is 5.97. The number of carboxylic acids is 1. The van der Waals surface area contributed by atoms with E-state index < -0.39 is 29.6 Å². The standard InChI is InChI=1S/C17H19ClN2O4/c1-9-6-13(14(17(23)24)7-10(9)2)16(22)20-19-15(21)11-4-3-5-12(18)8-11/h3-5,8,13-14H,6-7H2,1-2H3,(H,19,21)(H,20,22)(H,23,24)/t13-,14+/m1/s1. The smallest absolute Gasteiger partial charge is 0.307 e. The van der Waals surface area contributed by atoms with Crippen molar-refractivity contribution in [1.82, 2.24) is 10.9 Å². The van der Waals surface area contributed by atoms with E-state index in [9.17, 15) is 19.5 Å². The second-order valence-corrected chi connectivity index (χ2v) is 6.41. The maximum atomic E-state index is 12.3. The lowest BCUT2D eigenvalue weighted by molar-refractivity contribution is -0.147. The third kappa shape index (κ3) is 4.14. The Balaban J connectivity index is 2.03. The van der Waals surface area contributed by atoms with E-state index >= 15 is 0 Å². The number of hydrogen-bond acceptors (Lipinski definition) is 3. The molecule has 0 aromatic heterocycles. The average Bonchev–Trinajstić information content (AvgIpc) is 2.54. The molecule has 0 unspecified atom stereocenters. The van der Waals surface area contributed by atoms with E-state index in [1.807, 2.05) is 13.8 Å². The van der Waals surface area contributed by atoms with Crippen molar-refractivity contribution in [3.05, 3.63) is 46.0 Å². The Kier molecular flexibility index (Phi) is 5.62. The molecular formula is C17H19ClN2O4. The summed E-state index contributed by atoms with van der Waals surface area (Å²) in [6.45, 7) is 3.76. The SMILES string of the molecule is CC1=C(C)C[C@@H](C(=O)NNC(=O)c2cccc(Cl)c2)[C@@H](C(=O)O)C1. The first kappa shape index (κ1) is 18.0. The number of halogens is 1. The summed E-state index contributed by atoms with van der Waals surface area (Å²) in [5.41, 5.74) is 6.93. The highest BCUT2D eigenvalue weighted by molar-refractivity contribution is 6.30. The van der Waals surface area contributed by atoms with Gasteiger partial charge in [-0.25, -0.2) is 0 Å². The van der Waals surface area contributed by atoms with Crippen molar-refractivity contribution in [1.29, 1.82) is 0 Å². The molecule has 0 saturated heterocycles. The Morgan fingerprint density at radius 1 is 1.08 bits per heavy atom. The molecular weight excluding hydrogens is 332 g/mol. The van der Waals surface area contributed by atoms with Crippen molar-refractivity contribution in [3.8, 4) is 0 Å². The molecule has 2 atom stereocenters. The summed E-state index contributed by atoms with van der Waals surface area (Å²) in [5.74, 6) is -3.55. The van der Waals surface area contributed by atoms with Crippen LogP contribution in [-0.4, -0.2) is 22.9 Å². The van der Waals surface area contributed by atoms with Gasteiger partial charge in [-0.2, -0.15) is 0 Å². The van der Waals surface area contributed by atoms with E-state index in [4.69, 9.17) is 11.6 Å². The Morgan fingerprint density at radius 3 is 2.29 bits per heavy atom. The maximum absolute atomic E-state index is 12.3. The van der Waals surface area contributed by atoms with Gasteiger partial charge in [0.2, 0.25) is 5.91 Å². The minimum Gasteiger partial charge on any atom is -0.481 e. The number of hydrogen-bond donors (Lipinski definition) is 3. The van der Waals surface area contributed by atoms with E-state index in [0.717, 1.165) is 11.1 Å². The molecule has 1 aliphatic carbocycles. The van der Waals surface area contributed by atoms with Crippen molar-refractivity contribution in [2.24, 2.45) is 11.8 Å². The fourth-order valence-corrected chi connectivity index (χ4v) is 2.93. The van der Waals surface area contributed by atoms with Gasteiger partial charge in [0.15, 0.2) is 0 Å².